The van der Waals surface area contributed by atoms with Crippen molar-refractivity contribution in [3.8, 4) is 12.0 Å². The second-order valence-electron chi connectivity index (χ2n) is 1.41. The van der Waals surface area contributed by atoms with Gasteiger partial charge in [0.2, 0.25) is 0 Å². The van der Waals surface area contributed by atoms with Crippen molar-refractivity contribution in [3.05, 3.63) is 0 Å². The third-order valence-corrected chi connectivity index (χ3v) is 0.652. The number of H-pyrrole nitrogens is 2. The van der Waals surface area contributed by atoms with E-state index in [0.717, 1.165) is 0 Å². The summed E-state index contributed by atoms with van der Waals surface area (Å²) in [7, 11) is 0. The van der Waals surface area contributed by atoms with Crippen LogP contribution in [0.15, 0.2) is 0 Å². The molecule has 2 rings (SSSR count). The number of nitrogens with zero attached hydrogens (tertiary/aromatic N) is 6. The van der Waals surface area contributed by atoms with Gasteiger partial charge in [-0.2, -0.15) is 0 Å². The van der Waals surface area contributed by atoms with Gasteiger partial charge in [-0.15, -0.1) is 10.2 Å². The molecule has 16 heteroatoms. The summed E-state index contributed by atoms with van der Waals surface area (Å²) >= 11 is 0. The zero-order valence-corrected chi connectivity index (χ0v) is 12.2. The van der Waals surface area contributed by atoms with E-state index < -0.39 is 12.0 Å². The molecule has 15 nitrogen and oxygen atoms in total. The quantitative estimate of drug-likeness (QED) is 0.429. The maximum absolute atomic E-state index is 9.78. The van der Waals surface area contributed by atoms with E-state index in [2.05, 4.69) is 31.1 Å². The fourth-order valence-corrected chi connectivity index (χ4v) is 0.301. The van der Waals surface area contributed by atoms with Crippen molar-refractivity contribution in [2.75, 3.05) is 0 Å². The fraction of sp³-hybridized carbons (Fsp3) is 0. The zero-order valence-electron chi connectivity index (χ0n) is 8.71. The van der Waals surface area contributed by atoms with E-state index >= 15 is 0 Å². The van der Waals surface area contributed by atoms with Crippen LogP contribution in [0.4, 0.5) is 0 Å². The van der Waals surface area contributed by atoms with Crippen molar-refractivity contribution < 1.29 is 37.6 Å². The van der Waals surface area contributed by atoms with Gasteiger partial charge in [0.05, 0.1) is 0 Å². The zero-order chi connectivity index (χ0) is 8.81. The number of aromatic amines is 2. The van der Waals surface area contributed by atoms with Crippen LogP contribution in [0.2, 0.25) is 0 Å². The summed E-state index contributed by atoms with van der Waals surface area (Å²) in [6.07, 6.45) is 0. The first-order valence-corrected chi connectivity index (χ1v) is 2.60. The van der Waals surface area contributed by atoms with Gasteiger partial charge in [-0.3, -0.25) is 10.2 Å². The van der Waals surface area contributed by atoms with Crippen LogP contribution >= 0.6 is 0 Å². The summed E-state index contributed by atoms with van der Waals surface area (Å²) in [6, 6.07) is -1.01. The Kier molecular flexibility index (Phi) is 42.6. The van der Waals surface area contributed by atoms with Crippen molar-refractivity contribution in [1.29, 1.82) is 0 Å². The van der Waals surface area contributed by atoms with E-state index in [1.54, 1.807) is 0 Å². The SMILES string of the molecule is O.O.O.O.O.[O-]c1nnn[nH]1.[O-]c1nnn[nH]1.[Sr+2]. The normalized spacial score (nSPS) is 5.78. The van der Waals surface area contributed by atoms with Crippen LogP contribution in [0.1, 0.15) is 0 Å². The molecule has 0 amide bonds. The van der Waals surface area contributed by atoms with E-state index in [1.165, 1.54) is 0 Å². The van der Waals surface area contributed by atoms with Crippen LogP contribution in [-0.4, -0.2) is 114 Å². The van der Waals surface area contributed by atoms with Gasteiger partial charge in [-0.05, 0) is 20.9 Å². The molecule has 0 atom stereocenters. The van der Waals surface area contributed by atoms with Crippen molar-refractivity contribution in [2.24, 2.45) is 0 Å². The summed E-state index contributed by atoms with van der Waals surface area (Å²) in [5.74, 6) is 0. The third-order valence-electron chi connectivity index (χ3n) is 0.652. The molecule has 2 aromatic rings. The first-order chi connectivity index (χ1) is 5.79. The molecule has 0 bridgehead atoms. The molecule has 0 unspecified atom stereocenters. The van der Waals surface area contributed by atoms with Gasteiger partial charge in [0.1, 0.15) is 12.0 Å². The Morgan fingerprint density at radius 2 is 0.944 bits per heavy atom. The second-order valence-corrected chi connectivity index (χ2v) is 1.41. The number of tetrazole rings is 2. The summed E-state index contributed by atoms with van der Waals surface area (Å²) in [5, 5.41) is 41.3. The Hall–Kier alpha value is -0.979. The van der Waals surface area contributed by atoms with Crippen LogP contribution in [0.3, 0.4) is 0 Å². The average Bonchev–Trinajstić information content (AvgIpc) is 2.63. The molecule has 0 aromatic carbocycles. The maximum Gasteiger partial charge on any atom is 2.00 e. The molecule has 0 saturated carbocycles. The Bertz CT molecular complexity index is 269. The minimum Gasteiger partial charge on any atom is -0.843 e. The van der Waals surface area contributed by atoms with E-state index in [4.69, 9.17) is 0 Å². The molecule has 2 aromatic heterocycles. The number of hydrogen-bond acceptors (Lipinski definition) is 8. The van der Waals surface area contributed by atoms with E-state index in [0.29, 0.717) is 0 Å². The molecule has 12 N–H and O–H groups in total. The van der Waals surface area contributed by atoms with Crippen molar-refractivity contribution in [2.45, 2.75) is 0 Å². The van der Waals surface area contributed by atoms with Crippen LogP contribution in [-0.2, 0) is 0 Å². The Balaban J connectivity index is -0.0000000300. The summed E-state index contributed by atoms with van der Waals surface area (Å²) in [4.78, 5) is 0. The molecule has 0 radical (unpaired) electrons. The van der Waals surface area contributed by atoms with Gasteiger partial charge >= 0.3 is 45.5 Å². The molecule has 0 aliphatic rings. The summed E-state index contributed by atoms with van der Waals surface area (Å²) in [5.41, 5.74) is 0. The molecule has 0 aliphatic heterocycles. The minimum atomic E-state index is -0.505. The van der Waals surface area contributed by atoms with Crippen LogP contribution in [0, 0.1) is 0 Å². The number of rotatable bonds is 0. The van der Waals surface area contributed by atoms with Crippen molar-refractivity contribution in [1.82, 2.24) is 41.2 Å². The monoisotopic (exact) mass is 348 g/mol. The Morgan fingerprint density at radius 3 is 1.00 bits per heavy atom. The molecule has 0 spiro atoms. The van der Waals surface area contributed by atoms with Gasteiger partial charge in [0, 0.05) is 0 Å². The van der Waals surface area contributed by atoms with Crippen molar-refractivity contribution >= 4 is 45.5 Å². The maximum atomic E-state index is 9.78. The number of aromatic nitrogens is 8. The first kappa shape index (κ1) is 36.0. The Morgan fingerprint density at radius 1 is 0.667 bits per heavy atom. The minimum absolute atomic E-state index is 0. The smallest absolute Gasteiger partial charge is 0.843 e. The predicted molar refractivity (Wildman–Crippen MR) is 51.1 cm³/mol. The van der Waals surface area contributed by atoms with E-state index in [9.17, 15) is 10.2 Å². The average molecular weight is 348 g/mol. The van der Waals surface area contributed by atoms with Crippen LogP contribution in [0.5, 0.6) is 12.0 Å². The van der Waals surface area contributed by atoms with E-state index in [1.807, 2.05) is 10.2 Å². The molecule has 0 saturated heterocycles. The fourth-order valence-electron chi connectivity index (χ4n) is 0.301. The molecule has 0 fully saturated rings. The molecule has 2 heterocycles. The standard InChI is InChI=1S/2CH2N4O.5H2O.Sr/c2*6-1-2-4-5-3-1;;;;;;/h2*(H2,2,3,4,5,6);5*1H2;/q;;;;;;;+2/p-2. The second kappa shape index (κ2) is 21.3. The largest absolute Gasteiger partial charge is 2.00 e. The van der Waals surface area contributed by atoms with Crippen LogP contribution < -0.4 is 10.2 Å². The molecule has 0 aliphatic carbocycles. The first-order valence-electron chi connectivity index (χ1n) is 2.60. The molecule has 18 heavy (non-hydrogen) atoms. The summed E-state index contributed by atoms with van der Waals surface area (Å²) < 4.78 is 0. The van der Waals surface area contributed by atoms with Gasteiger partial charge in [0.25, 0.3) is 0 Å². The van der Waals surface area contributed by atoms with Gasteiger partial charge in [-0.25, -0.2) is 0 Å². The molecule has 104 valence electrons. The number of nitrogens with one attached hydrogen (secondary N) is 2. The third kappa shape index (κ3) is 17.4. The van der Waals surface area contributed by atoms with Crippen molar-refractivity contribution in [3.63, 3.8) is 0 Å². The van der Waals surface area contributed by atoms with Gasteiger partial charge in [0.15, 0.2) is 0 Å². The van der Waals surface area contributed by atoms with Gasteiger partial charge < -0.3 is 37.6 Å². The molecular weight excluding hydrogens is 336 g/mol. The molecular formula is C2H12N8O7Sr. The Labute approximate surface area is 135 Å². The van der Waals surface area contributed by atoms with E-state index in [-0.39, 0.29) is 72.9 Å². The topological polar surface area (TPSA) is 313 Å². The van der Waals surface area contributed by atoms with Crippen LogP contribution in [0.25, 0.3) is 0 Å². The predicted octanol–water partition coefficient (Wildman–Crippen LogP) is -7.96. The summed E-state index contributed by atoms with van der Waals surface area (Å²) in [6.45, 7) is 0. The van der Waals surface area contributed by atoms with Gasteiger partial charge in [-0.1, -0.05) is 0 Å². The number of hydrogen-bond donors (Lipinski definition) is 2.